The summed E-state index contributed by atoms with van der Waals surface area (Å²) in [5.41, 5.74) is 0. The van der Waals surface area contributed by atoms with Crippen LogP contribution >= 0.6 is 0 Å². The topological polar surface area (TPSA) is 95.9 Å². The number of aliphatic hydroxyl groups excluding tert-OH is 2. The Bertz CT molecular complexity index is 915. The SMILES string of the molecule is CCCCCC/C=C\C/C=C\CCCCCCCC(=O)OCCCCC/C=C\CCCCCCCC(=O)NC(CO)C(O)CCCCCCCCCCCCC. The minimum atomic E-state index is -0.680. The summed E-state index contributed by atoms with van der Waals surface area (Å²) in [5, 5.41) is 23.1. The molecule has 2 atom stereocenters. The Kier molecular flexibility index (Phi) is 44.2. The number of unbranched alkanes of at least 4 members (excludes halogenated alkanes) is 27. The van der Waals surface area contributed by atoms with Gasteiger partial charge in [0, 0.05) is 12.8 Å². The maximum Gasteiger partial charge on any atom is 0.305 e. The smallest absolute Gasteiger partial charge is 0.305 e. The van der Waals surface area contributed by atoms with Crippen LogP contribution in [-0.2, 0) is 14.3 Å². The second kappa shape index (κ2) is 45.8. The summed E-state index contributed by atoms with van der Waals surface area (Å²) in [5.74, 6) is -0.101. The summed E-state index contributed by atoms with van der Waals surface area (Å²) in [7, 11) is 0. The fourth-order valence-corrected chi connectivity index (χ4v) is 7.13. The van der Waals surface area contributed by atoms with Crippen LogP contribution in [-0.4, -0.2) is 47.4 Å². The van der Waals surface area contributed by atoms with Crippen molar-refractivity contribution in [2.24, 2.45) is 0 Å². The van der Waals surface area contributed by atoms with Gasteiger partial charge in [-0.25, -0.2) is 0 Å². The third-order valence-electron chi connectivity index (χ3n) is 10.9. The number of aliphatic hydroxyl groups is 2. The van der Waals surface area contributed by atoms with Crippen molar-refractivity contribution in [3.05, 3.63) is 36.5 Å². The molecule has 0 heterocycles. The molecule has 0 aliphatic heterocycles. The maximum absolute atomic E-state index is 12.4. The fourth-order valence-electron chi connectivity index (χ4n) is 7.13. The number of carbonyl (C=O) groups is 2. The Morgan fingerprint density at radius 2 is 0.893 bits per heavy atom. The number of allylic oxidation sites excluding steroid dienone is 6. The quantitative estimate of drug-likeness (QED) is 0.0325. The van der Waals surface area contributed by atoms with E-state index in [1.54, 1.807) is 0 Å². The molecule has 0 saturated heterocycles. The van der Waals surface area contributed by atoms with E-state index in [0.717, 1.165) is 89.9 Å². The second-order valence-electron chi connectivity index (χ2n) is 16.4. The molecule has 0 saturated carbocycles. The van der Waals surface area contributed by atoms with Crippen LogP contribution < -0.4 is 5.32 Å². The Hall–Kier alpha value is -1.92. The number of hydrogen-bond acceptors (Lipinski definition) is 5. The van der Waals surface area contributed by atoms with E-state index in [0.29, 0.717) is 25.9 Å². The highest BCUT2D eigenvalue weighted by Gasteiger charge is 2.20. The molecule has 0 aromatic heterocycles. The van der Waals surface area contributed by atoms with Crippen LogP contribution in [0.25, 0.3) is 0 Å². The van der Waals surface area contributed by atoms with E-state index in [9.17, 15) is 19.8 Å². The van der Waals surface area contributed by atoms with Crippen LogP contribution in [0.2, 0.25) is 0 Å². The maximum atomic E-state index is 12.4. The van der Waals surface area contributed by atoms with Gasteiger partial charge in [-0.3, -0.25) is 9.59 Å². The van der Waals surface area contributed by atoms with Crippen molar-refractivity contribution in [2.45, 2.75) is 257 Å². The number of amides is 1. The van der Waals surface area contributed by atoms with Gasteiger partial charge in [0.15, 0.2) is 0 Å². The van der Waals surface area contributed by atoms with Gasteiger partial charge < -0.3 is 20.3 Å². The number of carbonyl (C=O) groups excluding carboxylic acids is 2. The van der Waals surface area contributed by atoms with Crippen LogP contribution in [0.3, 0.4) is 0 Å². The molecule has 0 fully saturated rings. The Morgan fingerprint density at radius 3 is 1.39 bits per heavy atom. The first kappa shape index (κ1) is 54.1. The van der Waals surface area contributed by atoms with Crippen LogP contribution in [0.4, 0.5) is 0 Å². The Labute approximate surface area is 347 Å². The summed E-state index contributed by atoms with van der Waals surface area (Å²) in [6.07, 6.45) is 53.9. The molecule has 0 spiro atoms. The Balaban J connectivity index is 3.52. The highest BCUT2D eigenvalue weighted by atomic mass is 16.5. The van der Waals surface area contributed by atoms with Gasteiger partial charge in [-0.05, 0) is 89.9 Å². The average Bonchev–Trinajstić information content (AvgIpc) is 3.20. The van der Waals surface area contributed by atoms with Gasteiger partial charge in [-0.2, -0.15) is 0 Å². The first-order valence-corrected chi connectivity index (χ1v) is 24.2. The molecule has 0 aliphatic carbocycles. The van der Waals surface area contributed by atoms with Crippen molar-refractivity contribution < 1.29 is 24.5 Å². The van der Waals surface area contributed by atoms with Gasteiger partial charge in [-0.1, -0.05) is 179 Å². The van der Waals surface area contributed by atoms with Gasteiger partial charge >= 0.3 is 5.97 Å². The Morgan fingerprint density at radius 1 is 0.500 bits per heavy atom. The molecular weight excluding hydrogens is 695 g/mol. The molecule has 6 heteroatoms. The molecule has 0 radical (unpaired) electrons. The summed E-state index contributed by atoms with van der Waals surface area (Å²) in [6.45, 7) is 4.84. The van der Waals surface area contributed by atoms with Crippen molar-refractivity contribution in [2.75, 3.05) is 13.2 Å². The molecule has 0 rings (SSSR count). The lowest BCUT2D eigenvalue weighted by Gasteiger charge is -2.22. The lowest BCUT2D eigenvalue weighted by Crippen LogP contribution is -2.45. The molecule has 1 amide bonds. The van der Waals surface area contributed by atoms with E-state index in [1.165, 1.54) is 122 Å². The summed E-state index contributed by atoms with van der Waals surface area (Å²) in [6, 6.07) is -0.560. The van der Waals surface area contributed by atoms with Crippen LogP contribution in [0.1, 0.15) is 245 Å². The zero-order valence-electron chi connectivity index (χ0n) is 37.1. The van der Waals surface area contributed by atoms with Crippen LogP contribution in [0, 0.1) is 0 Å². The summed E-state index contributed by atoms with van der Waals surface area (Å²) in [4.78, 5) is 24.4. The summed E-state index contributed by atoms with van der Waals surface area (Å²) < 4.78 is 5.43. The monoisotopic (exact) mass is 788 g/mol. The lowest BCUT2D eigenvalue weighted by atomic mass is 10.0. The van der Waals surface area contributed by atoms with Crippen molar-refractivity contribution in [1.82, 2.24) is 5.32 Å². The summed E-state index contributed by atoms with van der Waals surface area (Å²) >= 11 is 0. The van der Waals surface area contributed by atoms with Crippen molar-refractivity contribution in [1.29, 1.82) is 0 Å². The molecule has 0 aliphatic rings. The predicted molar refractivity (Wildman–Crippen MR) is 241 cm³/mol. The van der Waals surface area contributed by atoms with Gasteiger partial charge in [0.25, 0.3) is 0 Å². The third kappa shape index (κ3) is 41.7. The van der Waals surface area contributed by atoms with Gasteiger partial charge in [0.1, 0.15) is 0 Å². The van der Waals surface area contributed by atoms with Gasteiger partial charge in [0.2, 0.25) is 5.91 Å². The van der Waals surface area contributed by atoms with Gasteiger partial charge in [-0.15, -0.1) is 0 Å². The molecule has 328 valence electrons. The number of hydrogen-bond donors (Lipinski definition) is 3. The minimum Gasteiger partial charge on any atom is -0.466 e. The van der Waals surface area contributed by atoms with E-state index in [2.05, 4.69) is 55.6 Å². The van der Waals surface area contributed by atoms with Crippen molar-refractivity contribution >= 4 is 11.9 Å². The van der Waals surface area contributed by atoms with E-state index in [1.807, 2.05) is 0 Å². The van der Waals surface area contributed by atoms with E-state index in [4.69, 9.17) is 4.74 Å². The minimum absolute atomic E-state index is 0.0371. The predicted octanol–water partition coefficient (Wildman–Crippen LogP) is 14.1. The molecular formula is C50H93NO5. The highest BCUT2D eigenvalue weighted by molar-refractivity contribution is 5.76. The van der Waals surface area contributed by atoms with E-state index in [-0.39, 0.29) is 18.5 Å². The van der Waals surface area contributed by atoms with Crippen LogP contribution in [0.15, 0.2) is 36.5 Å². The van der Waals surface area contributed by atoms with Crippen molar-refractivity contribution in [3.8, 4) is 0 Å². The van der Waals surface area contributed by atoms with Gasteiger partial charge in [0.05, 0.1) is 25.4 Å². The fraction of sp³-hybridized carbons (Fsp3) is 0.840. The number of rotatable bonds is 44. The molecule has 0 aromatic rings. The zero-order valence-corrected chi connectivity index (χ0v) is 37.1. The standard InChI is InChI=1S/C50H93NO5/c1-3-5-7-9-11-13-15-16-17-18-19-24-28-32-36-40-44-50(55)56-45-41-37-33-29-25-21-20-23-27-31-35-39-43-49(54)51-47(46-52)48(53)42-38-34-30-26-22-14-12-10-8-6-4-2/h13,15,17-18,21,25,47-48,52-53H,3-12,14,16,19-20,22-24,26-46H2,1-2H3,(H,51,54)/b15-13-,18-17-,25-21-. The molecule has 2 unspecified atom stereocenters. The first-order chi connectivity index (χ1) is 27.5. The van der Waals surface area contributed by atoms with E-state index < -0.39 is 12.1 Å². The normalized spacial score (nSPS) is 13.0. The lowest BCUT2D eigenvalue weighted by molar-refractivity contribution is -0.143. The third-order valence-corrected chi connectivity index (χ3v) is 10.9. The molecule has 0 aromatic carbocycles. The first-order valence-electron chi connectivity index (χ1n) is 24.2. The number of nitrogens with one attached hydrogen (secondary N) is 1. The largest absolute Gasteiger partial charge is 0.466 e. The number of esters is 1. The second-order valence-corrected chi connectivity index (χ2v) is 16.4. The molecule has 3 N–H and O–H groups in total. The zero-order chi connectivity index (χ0) is 40.8. The molecule has 6 nitrogen and oxygen atoms in total. The van der Waals surface area contributed by atoms with Crippen LogP contribution in [0.5, 0.6) is 0 Å². The highest BCUT2D eigenvalue weighted by Crippen LogP contribution is 2.15. The molecule has 0 bridgehead atoms. The molecule has 56 heavy (non-hydrogen) atoms. The average molecular weight is 788 g/mol. The van der Waals surface area contributed by atoms with Crippen molar-refractivity contribution in [3.63, 3.8) is 0 Å². The van der Waals surface area contributed by atoms with E-state index >= 15 is 0 Å². The number of ether oxygens (including phenoxy) is 1.